The lowest BCUT2D eigenvalue weighted by Gasteiger charge is -2.00. The molecule has 0 aliphatic rings. The van der Waals surface area contributed by atoms with Crippen LogP contribution in [-0.2, 0) is 4.74 Å². The van der Waals surface area contributed by atoms with E-state index in [2.05, 4.69) is 9.72 Å². The van der Waals surface area contributed by atoms with Crippen molar-refractivity contribution >= 4 is 5.97 Å². The van der Waals surface area contributed by atoms with Gasteiger partial charge in [0.2, 0.25) is 0 Å². The van der Waals surface area contributed by atoms with E-state index < -0.39 is 5.97 Å². The van der Waals surface area contributed by atoms with Gasteiger partial charge < -0.3 is 9.72 Å². The molecule has 0 saturated carbocycles. The molecule has 1 aromatic heterocycles. The van der Waals surface area contributed by atoms with Crippen LogP contribution in [0.25, 0.3) is 0 Å². The van der Waals surface area contributed by atoms with E-state index in [-0.39, 0.29) is 11.0 Å². The summed E-state index contributed by atoms with van der Waals surface area (Å²) in [5.41, 5.74) is 0.271. The quantitative estimate of drug-likeness (QED) is 0.618. The fraction of sp³-hybridized carbons (Fsp3) is 0.250. The van der Waals surface area contributed by atoms with Crippen LogP contribution in [0.1, 0.15) is 16.1 Å². The molecule has 4 heteroatoms. The van der Waals surface area contributed by atoms with E-state index in [1.54, 1.807) is 6.92 Å². The van der Waals surface area contributed by atoms with Crippen molar-refractivity contribution in [1.82, 2.24) is 4.98 Å². The predicted molar refractivity (Wildman–Crippen MR) is 43.1 cm³/mol. The Bertz CT molecular complexity index is 354. The Morgan fingerprint density at radius 1 is 1.58 bits per heavy atom. The van der Waals surface area contributed by atoms with Gasteiger partial charge in [0.1, 0.15) is 5.56 Å². The summed E-state index contributed by atoms with van der Waals surface area (Å²) in [5.74, 6) is -0.602. The maximum atomic E-state index is 11.1. The first-order valence-electron chi connectivity index (χ1n) is 3.43. The molecule has 64 valence electrons. The first-order chi connectivity index (χ1) is 5.66. The SMILES string of the molecule is COC(=O)c1c(C)[nH]ccc1=O. The molecule has 1 aromatic rings. The third kappa shape index (κ3) is 1.37. The van der Waals surface area contributed by atoms with Crippen molar-refractivity contribution in [1.29, 1.82) is 0 Å². The Balaban J connectivity index is 3.31. The van der Waals surface area contributed by atoms with E-state index in [0.717, 1.165) is 0 Å². The van der Waals surface area contributed by atoms with E-state index >= 15 is 0 Å². The molecule has 0 amide bonds. The summed E-state index contributed by atoms with van der Waals surface area (Å²) in [4.78, 5) is 24.9. The summed E-state index contributed by atoms with van der Waals surface area (Å²) in [7, 11) is 1.24. The number of carbonyl (C=O) groups excluding carboxylic acids is 1. The Hall–Kier alpha value is -1.58. The molecule has 1 rings (SSSR count). The number of hydrogen-bond acceptors (Lipinski definition) is 3. The number of aromatic nitrogens is 1. The van der Waals surface area contributed by atoms with Crippen molar-refractivity contribution in [2.24, 2.45) is 0 Å². The first-order valence-corrected chi connectivity index (χ1v) is 3.43. The average molecular weight is 167 g/mol. The zero-order chi connectivity index (χ0) is 9.14. The fourth-order valence-corrected chi connectivity index (χ4v) is 0.938. The molecule has 0 aliphatic carbocycles. The summed E-state index contributed by atoms with van der Waals surface area (Å²) >= 11 is 0. The largest absolute Gasteiger partial charge is 0.465 e. The molecule has 0 spiro atoms. The van der Waals surface area contributed by atoms with Gasteiger partial charge in [-0.25, -0.2) is 4.79 Å². The van der Waals surface area contributed by atoms with Crippen molar-refractivity contribution in [3.63, 3.8) is 0 Å². The van der Waals surface area contributed by atoms with Gasteiger partial charge >= 0.3 is 5.97 Å². The highest BCUT2D eigenvalue weighted by atomic mass is 16.5. The standard InChI is InChI=1S/C8H9NO3/c1-5-7(8(11)12-2)6(10)3-4-9-5/h3-4H,1-2H3,(H,9,10). The number of ether oxygens (including phenoxy) is 1. The van der Waals surface area contributed by atoms with Crippen molar-refractivity contribution in [3.05, 3.63) is 33.7 Å². The smallest absolute Gasteiger partial charge is 0.343 e. The highest BCUT2D eigenvalue weighted by Gasteiger charge is 2.12. The van der Waals surface area contributed by atoms with Crippen molar-refractivity contribution in [3.8, 4) is 0 Å². The minimum atomic E-state index is -0.602. The number of H-pyrrole nitrogens is 1. The second-order valence-electron chi connectivity index (χ2n) is 2.33. The number of pyridine rings is 1. The topological polar surface area (TPSA) is 59.2 Å². The van der Waals surface area contributed by atoms with E-state index in [1.165, 1.54) is 19.4 Å². The maximum Gasteiger partial charge on any atom is 0.343 e. The van der Waals surface area contributed by atoms with Gasteiger partial charge in [0.25, 0.3) is 0 Å². The van der Waals surface area contributed by atoms with Gasteiger partial charge in [-0.05, 0) is 6.92 Å². The molecule has 0 radical (unpaired) electrons. The summed E-state index contributed by atoms with van der Waals surface area (Å²) in [5, 5.41) is 0. The normalized spacial score (nSPS) is 9.50. The molecular formula is C8H9NO3. The van der Waals surface area contributed by atoms with E-state index in [9.17, 15) is 9.59 Å². The van der Waals surface area contributed by atoms with Crippen molar-refractivity contribution in [2.45, 2.75) is 6.92 Å². The van der Waals surface area contributed by atoms with Crippen LogP contribution in [-0.4, -0.2) is 18.1 Å². The van der Waals surface area contributed by atoms with Crippen molar-refractivity contribution in [2.75, 3.05) is 7.11 Å². The zero-order valence-electron chi connectivity index (χ0n) is 6.88. The van der Waals surface area contributed by atoms with Gasteiger partial charge in [-0.3, -0.25) is 4.79 Å². The molecule has 0 aliphatic heterocycles. The molecule has 0 bridgehead atoms. The zero-order valence-corrected chi connectivity index (χ0v) is 6.88. The number of rotatable bonds is 1. The fourth-order valence-electron chi connectivity index (χ4n) is 0.938. The van der Waals surface area contributed by atoms with Crippen LogP contribution in [0.5, 0.6) is 0 Å². The third-order valence-electron chi connectivity index (χ3n) is 1.55. The number of esters is 1. The number of nitrogens with one attached hydrogen (secondary N) is 1. The molecule has 1 heterocycles. The first kappa shape index (κ1) is 8.52. The van der Waals surface area contributed by atoms with Crippen molar-refractivity contribution < 1.29 is 9.53 Å². The highest BCUT2D eigenvalue weighted by molar-refractivity contribution is 5.90. The molecular weight excluding hydrogens is 158 g/mol. The average Bonchev–Trinajstić information content (AvgIpc) is 2.03. The maximum absolute atomic E-state index is 11.1. The molecule has 0 saturated heterocycles. The van der Waals surface area contributed by atoms with E-state index in [4.69, 9.17) is 0 Å². The molecule has 0 aromatic carbocycles. The Morgan fingerprint density at radius 2 is 2.25 bits per heavy atom. The lowest BCUT2D eigenvalue weighted by atomic mass is 10.2. The molecule has 0 fully saturated rings. The summed E-state index contributed by atoms with van der Waals surface area (Å²) in [6, 6.07) is 1.29. The summed E-state index contributed by atoms with van der Waals surface area (Å²) in [6.07, 6.45) is 1.49. The van der Waals surface area contributed by atoms with Crippen LogP contribution in [0.4, 0.5) is 0 Å². The van der Waals surface area contributed by atoms with Gasteiger partial charge in [0.05, 0.1) is 7.11 Å². The molecule has 0 atom stereocenters. The van der Waals surface area contributed by atoms with Crippen LogP contribution in [0, 0.1) is 6.92 Å². The van der Waals surface area contributed by atoms with E-state index in [1.807, 2.05) is 0 Å². The van der Waals surface area contributed by atoms with Crippen LogP contribution in [0.2, 0.25) is 0 Å². The van der Waals surface area contributed by atoms with Crippen LogP contribution in [0.15, 0.2) is 17.1 Å². The molecule has 4 nitrogen and oxygen atoms in total. The van der Waals surface area contributed by atoms with Gasteiger partial charge in [0, 0.05) is 18.0 Å². The number of methoxy groups -OCH3 is 1. The minimum Gasteiger partial charge on any atom is -0.465 e. The second-order valence-corrected chi connectivity index (χ2v) is 2.33. The van der Waals surface area contributed by atoms with Crippen LogP contribution >= 0.6 is 0 Å². The lowest BCUT2D eigenvalue weighted by Crippen LogP contribution is -2.17. The number of aryl methyl sites for hydroxylation is 1. The summed E-state index contributed by atoms with van der Waals surface area (Å²) < 4.78 is 4.44. The molecule has 1 N–H and O–H groups in total. The highest BCUT2D eigenvalue weighted by Crippen LogP contribution is 1.98. The van der Waals surface area contributed by atoms with Gasteiger partial charge in [-0.2, -0.15) is 0 Å². The van der Waals surface area contributed by atoms with Gasteiger partial charge in [-0.15, -0.1) is 0 Å². The van der Waals surface area contributed by atoms with Gasteiger partial charge in [-0.1, -0.05) is 0 Å². The van der Waals surface area contributed by atoms with Crippen LogP contribution < -0.4 is 5.43 Å². The summed E-state index contributed by atoms with van der Waals surface area (Å²) in [6.45, 7) is 1.65. The Labute approximate surface area is 69.2 Å². The Kier molecular flexibility index (Phi) is 2.28. The third-order valence-corrected chi connectivity index (χ3v) is 1.55. The number of hydrogen-bond donors (Lipinski definition) is 1. The molecule has 0 unspecified atom stereocenters. The Morgan fingerprint density at radius 3 is 2.75 bits per heavy atom. The monoisotopic (exact) mass is 167 g/mol. The number of aromatic amines is 1. The predicted octanol–water partition coefficient (Wildman–Crippen LogP) is 0.470. The lowest BCUT2D eigenvalue weighted by molar-refractivity contribution is 0.0598. The second kappa shape index (κ2) is 3.21. The van der Waals surface area contributed by atoms with Gasteiger partial charge in [0.15, 0.2) is 5.43 Å². The van der Waals surface area contributed by atoms with Crippen LogP contribution in [0.3, 0.4) is 0 Å². The van der Waals surface area contributed by atoms with E-state index in [0.29, 0.717) is 5.69 Å². The molecule has 12 heavy (non-hydrogen) atoms. The number of carbonyl (C=O) groups is 1. The minimum absolute atomic E-state index is 0.0694.